The Morgan fingerprint density at radius 1 is 1.30 bits per heavy atom. The predicted molar refractivity (Wildman–Crippen MR) is 82.8 cm³/mol. The van der Waals surface area contributed by atoms with Crippen LogP contribution in [0.5, 0.6) is 0 Å². The molecule has 2 aliphatic rings. The summed E-state index contributed by atoms with van der Waals surface area (Å²) in [7, 11) is 0. The fourth-order valence-electron chi connectivity index (χ4n) is 3.86. The maximum Gasteiger partial charge on any atom is 0.336 e. The molecular weight excluding hydrogens is 298 g/mol. The van der Waals surface area contributed by atoms with E-state index in [0.717, 1.165) is 19.3 Å². The van der Waals surface area contributed by atoms with E-state index >= 15 is 0 Å². The van der Waals surface area contributed by atoms with Gasteiger partial charge in [-0.05, 0) is 30.6 Å². The molecule has 1 saturated carbocycles. The van der Waals surface area contributed by atoms with Crippen molar-refractivity contribution in [2.45, 2.75) is 77.7 Å². The van der Waals surface area contributed by atoms with Crippen molar-refractivity contribution in [2.24, 2.45) is 11.3 Å². The summed E-state index contributed by atoms with van der Waals surface area (Å²) in [5.74, 6) is -1.24. The van der Waals surface area contributed by atoms with Crippen molar-refractivity contribution in [3.8, 4) is 0 Å². The number of hydrogen-bond acceptors (Lipinski definition) is 5. The molecule has 0 spiro atoms. The van der Waals surface area contributed by atoms with Crippen molar-refractivity contribution in [1.82, 2.24) is 5.06 Å². The lowest BCUT2D eigenvalue weighted by molar-refractivity contribution is -0.200. The van der Waals surface area contributed by atoms with E-state index in [9.17, 15) is 19.5 Å². The van der Waals surface area contributed by atoms with Gasteiger partial charge in [-0.3, -0.25) is 9.59 Å². The van der Waals surface area contributed by atoms with Crippen LogP contribution in [0.1, 0.15) is 72.1 Å². The van der Waals surface area contributed by atoms with E-state index < -0.39 is 23.4 Å². The van der Waals surface area contributed by atoms with Crippen molar-refractivity contribution in [3.63, 3.8) is 0 Å². The Labute approximate surface area is 137 Å². The van der Waals surface area contributed by atoms with Gasteiger partial charge in [-0.15, -0.1) is 5.06 Å². The second-order valence-corrected chi connectivity index (χ2v) is 7.47. The molecule has 2 fully saturated rings. The number of aliphatic hydroxyl groups is 1. The molecule has 3 atom stereocenters. The average Bonchev–Trinajstić information content (AvgIpc) is 2.94. The first-order valence-electron chi connectivity index (χ1n) is 8.48. The Kier molecular flexibility index (Phi) is 5.14. The smallest absolute Gasteiger partial charge is 0.336 e. The first-order valence-corrected chi connectivity index (χ1v) is 8.48. The average molecular weight is 325 g/mol. The number of hydrogen-bond donors (Lipinski definition) is 1. The fourth-order valence-corrected chi connectivity index (χ4v) is 3.86. The van der Waals surface area contributed by atoms with E-state index in [2.05, 4.69) is 20.8 Å². The van der Waals surface area contributed by atoms with Crippen LogP contribution in [0.25, 0.3) is 0 Å². The summed E-state index contributed by atoms with van der Waals surface area (Å²) in [5, 5.41) is 11.3. The van der Waals surface area contributed by atoms with Crippen LogP contribution >= 0.6 is 0 Å². The van der Waals surface area contributed by atoms with Crippen LogP contribution in [0, 0.1) is 11.3 Å². The number of rotatable bonds is 6. The normalized spacial score (nSPS) is 32.4. The van der Waals surface area contributed by atoms with Crippen LogP contribution in [-0.4, -0.2) is 33.6 Å². The first kappa shape index (κ1) is 17.9. The maximum atomic E-state index is 12.0. The van der Waals surface area contributed by atoms with Gasteiger partial charge < -0.3 is 9.94 Å². The summed E-state index contributed by atoms with van der Waals surface area (Å²) in [5.41, 5.74) is -1.11. The van der Waals surface area contributed by atoms with Crippen molar-refractivity contribution in [2.75, 3.05) is 0 Å². The minimum Gasteiger partial charge on any atom is -0.389 e. The molecule has 2 amide bonds. The molecule has 0 aromatic carbocycles. The van der Waals surface area contributed by atoms with E-state index in [-0.39, 0.29) is 24.7 Å². The Morgan fingerprint density at radius 3 is 2.48 bits per heavy atom. The third kappa shape index (κ3) is 3.91. The lowest BCUT2D eigenvalue weighted by Gasteiger charge is -2.33. The van der Waals surface area contributed by atoms with Gasteiger partial charge in [-0.25, -0.2) is 4.79 Å². The predicted octanol–water partition coefficient (Wildman–Crippen LogP) is 2.34. The van der Waals surface area contributed by atoms with Crippen LogP contribution in [0.4, 0.5) is 0 Å². The number of carbonyl (C=O) groups excluding carboxylic acids is 3. The summed E-state index contributed by atoms with van der Waals surface area (Å²) >= 11 is 0. The van der Waals surface area contributed by atoms with Gasteiger partial charge in [0.05, 0.1) is 12.0 Å². The number of nitrogens with zero attached hydrogens (tertiary/aromatic N) is 1. The Morgan fingerprint density at radius 2 is 1.91 bits per heavy atom. The third-order valence-electron chi connectivity index (χ3n) is 5.48. The van der Waals surface area contributed by atoms with Crippen LogP contribution in [-0.2, 0) is 19.2 Å². The van der Waals surface area contributed by atoms with Crippen molar-refractivity contribution in [1.29, 1.82) is 0 Å². The molecule has 0 aromatic heterocycles. The van der Waals surface area contributed by atoms with Crippen molar-refractivity contribution in [3.05, 3.63) is 0 Å². The number of hydroxylamine groups is 2. The summed E-state index contributed by atoms with van der Waals surface area (Å²) in [6, 6.07) is 0. The quantitative estimate of drug-likeness (QED) is 0.758. The zero-order valence-corrected chi connectivity index (χ0v) is 14.3. The first-order chi connectivity index (χ1) is 10.7. The molecule has 130 valence electrons. The lowest BCUT2D eigenvalue weighted by atomic mass is 9.73. The van der Waals surface area contributed by atoms with E-state index in [0.29, 0.717) is 23.8 Å². The second kappa shape index (κ2) is 6.59. The molecule has 6 nitrogen and oxygen atoms in total. The van der Waals surface area contributed by atoms with Gasteiger partial charge >= 0.3 is 5.97 Å². The minimum absolute atomic E-state index is 0.00429. The van der Waals surface area contributed by atoms with E-state index in [1.165, 1.54) is 0 Å². The summed E-state index contributed by atoms with van der Waals surface area (Å²) in [6.07, 6.45) is 4.08. The molecular formula is C17H27NO5. The highest BCUT2D eigenvalue weighted by Crippen LogP contribution is 2.51. The van der Waals surface area contributed by atoms with Gasteiger partial charge in [0.2, 0.25) is 0 Å². The van der Waals surface area contributed by atoms with Crippen LogP contribution in [0.15, 0.2) is 0 Å². The van der Waals surface area contributed by atoms with Crippen LogP contribution in [0.3, 0.4) is 0 Å². The highest BCUT2D eigenvalue weighted by atomic mass is 16.7. The zero-order chi connectivity index (χ0) is 17.3. The standard InChI is InChI=1S/C17H27NO5/c1-4-5-12(2)16(3)8-9-17(22,11-16)10-15(21)23-18-13(19)6-7-14(18)20/h12,22H,4-11H2,1-3H3/t12?,16?,17-/m1/s1. The molecule has 1 saturated heterocycles. The maximum absolute atomic E-state index is 12.0. The molecule has 2 unspecified atom stereocenters. The Hall–Kier alpha value is -1.43. The molecule has 1 aliphatic carbocycles. The lowest BCUT2D eigenvalue weighted by Crippen LogP contribution is -2.37. The van der Waals surface area contributed by atoms with Gasteiger partial charge in [-0.2, -0.15) is 0 Å². The number of amides is 2. The zero-order valence-electron chi connectivity index (χ0n) is 14.3. The molecule has 6 heteroatoms. The van der Waals surface area contributed by atoms with Gasteiger partial charge in [0.25, 0.3) is 11.8 Å². The highest BCUT2D eigenvalue weighted by Gasteiger charge is 2.48. The second-order valence-electron chi connectivity index (χ2n) is 7.47. The summed E-state index contributed by atoms with van der Waals surface area (Å²) < 4.78 is 0. The van der Waals surface area contributed by atoms with Gasteiger partial charge in [-0.1, -0.05) is 33.6 Å². The van der Waals surface area contributed by atoms with Crippen molar-refractivity contribution >= 4 is 17.8 Å². The number of imide groups is 1. The van der Waals surface area contributed by atoms with Crippen LogP contribution in [0.2, 0.25) is 0 Å². The molecule has 1 heterocycles. The molecule has 2 rings (SSSR count). The monoisotopic (exact) mass is 325 g/mol. The summed E-state index contributed by atoms with van der Waals surface area (Å²) in [4.78, 5) is 39.8. The van der Waals surface area contributed by atoms with E-state index in [1.54, 1.807) is 0 Å². The van der Waals surface area contributed by atoms with Crippen LogP contribution < -0.4 is 0 Å². The van der Waals surface area contributed by atoms with E-state index in [1.807, 2.05) is 0 Å². The largest absolute Gasteiger partial charge is 0.389 e. The topological polar surface area (TPSA) is 83.9 Å². The van der Waals surface area contributed by atoms with Gasteiger partial charge in [0, 0.05) is 12.8 Å². The SMILES string of the molecule is CCCC(C)C1(C)CC[C@@](O)(CC(=O)ON2C(=O)CCC2=O)C1. The van der Waals surface area contributed by atoms with Gasteiger partial charge in [0.15, 0.2) is 0 Å². The minimum atomic E-state index is -1.11. The molecule has 1 N–H and O–H groups in total. The molecule has 0 bridgehead atoms. The molecule has 0 radical (unpaired) electrons. The highest BCUT2D eigenvalue weighted by molar-refractivity contribution is 6.01. The Balaban J connectivity index is 1.93. The molecule has 1 aliphatic heterocycles. The molecule has 23 heavy (non-hydrogen) atoms. The van der Waals surface area contributed by atoms with Gasteiger partial charge in [0.1, 0.15) is 0 Å². The third-order valence-corrected chi connectivity index (χ3v) is 5.48. The summed E-state index contributed by atoms with van der Waals surface area (Å²) in [6.45, 7) is 6.49. The molecule has 0 aromatic rings. The number of carbonyl (C=O) groups is 3. The van der Waals surface area contributed by atoms with E-state index in [4.69, 9.17) is 4.84 Å². The fraction of sp³-hybridized carbons (Fsp3) is 0.824. The Bertz CT molecular complexity index is 489. The van der Waals surface area contributed by atoms with Crippen molar-refractivity contribution < 1.29 is 24.3 Å².